The summed E-state index contributed by atoms with van der Waals surface area (Å²) in [6.45, 7) is 5.04. The van der Waals surface area contributed by atoms with E-state index in [2.05, 4.69) is 10.6 Å². The van der Waals surface area contributed by atoms with E-state index in [1.165, 1.54) is 0 Å². The van der Waals surface area contributed by atoms with Gasteiger partial charge in [0.25, 0.3) is 0 Å². The van der Waals surface area contributed by atoms with Gasteiger partial charge in [0.2, 0.25) is 5.91 Å². The van der Waals surface area contributed by atoms with Crippen molar-refractivity contribution in [2.45, 2.75) is 51.3 Å². The van der Waals surface area contributed by atoms with Gasteiger partial charge in [-0.1, -0.05) is 36.4 Å². The first kappa shape index (κ1) is 22.1. The van der Waals surface area contributed by atoms with E-state index < -0.39 is 29.7 Å². The van der Waals surface area contributed by atoms with Gasteiger partial charge in [-0.2, -0.15) is 0 Å². The van der Waals surface area contributed by atoms with Gasteiger partial charge < -0.3 is 25.2 Å². The molecule has 3 rings (SSSR count). The molecule has 0 saturated carbocycles. The van der Waals surface area contributed by atoms with Crippen molar-refractivity contribution in [3.63, 3.8) is 0 Å². The topological polar surface area (TPSA) is 114 Å². The zero-order valence-electron chi connectivity index (χ0n) is 17.7. The van der Waals surface area contributed by atoms with Crippen LogP contribution in [0.2, 0.25) is 0 Å². The van der Waals surface area contributed by atoms with Gasteiger partial charge in [-0.3, -0.25) is 4.79 Å². The van der Waals surface area contributed by atoms with E-state index >= 15 is 0 Å². The highest BCUT2D eigenvalue weighted by molar-refractivity contribution is 5.82. The lowest BCUT2D eigenvalue weighted by Gasteiger charge is -2.29. The fourth-order valence-electron chi connectivity index (χ4n) is 3.28. The number of fused-ring (bicyclic) bond motifs is 2. The Morgan fingerprint density at radius 1 is 1.03 bits per heavy atom. The standard InChI is InChI=1S/C23H26N2O6/c1-23(2,3)31-22(29)24-16(21(27)28)12-13-19(26)25-20-14-8-4-6-10-17(14)30-18-11-7-5-9-15(18)20/h4-11,16,20H,12-13H2,1-3H3,(H,24,29)(H,25,26)(H,27,28). The molecule has 8 heteroatoms. The van der Waals surface area contributed by atoms with Crippen LogP contribution < -0.4 is 15.4 Å². The Balaban J connectivity index is 1.67. The summed E-state index contributed by atoms with van der Waals surface area (Å²) in [7, 11) is 0. The third-order valence-corrected chi connectivity index (χ3v) is 4.63. The summed E-state index contributed by atoms with van der Waals surface area (Å²) in [4.78, 5) is 36.1. The van der Waals surface area contributed by atoms with Crippen LogP contribution in [0.5, 0.6) is 11.5 Å². The first-order valence-electron chi connectivity index (χ1n) is 10.0. The average molecular weight is 426 g/mol. The lowest BCUT2D eigenvalue weighted by atomic mass is 9.94. The number of amides is 2. The van der Waals surface area contributed by atoms with Crippen molar-refractivity contribution in [2.24, 2.45) is 0 Å². The van der Waals surface area contributed by atoms with Gasteiger partial charge in [-0.05, 0) is 39.3 Å². The van der Waals surface area contributed by atoms with E-state index in [9.17, 15) is 19.5 Å². The monoisotopic (exact) mass is 426 g/mol. The van der Waals surface area contributed by atoms with E-state index in [4.69, 9.17) is 9.47 Å². The van der Waals surface area contributed by atoms with Crippen LogP contribution in [-0.2, 0) is 14.3 Å². The number of carbonyl (C=O) groups excluding carboxylic acids is 2. The Hall–Kier alpha value is -3.55. The largest absolute Gasteiger partial charge is 0.480 e. The zero-order valence-corrected chi connectivity index (χ0v) is 17.7. The highest BCUT2D eigenvalue weighted by Crippen LogP contribution is 2.42. The second kappa shape index (κ2) is 9.07. The van der Waals surface area contributed by atoms with Crippen LogP contribution >= 0.6 is 0 Å². The van der Waals surface area contributed by atoms with Crippen molar-refractivity contribution in [3.05, 3.63) is 59.7 Å². The van der Waals surface area contributed by atoms with E-state index in [1.807, 2.05) is 48.5 Å². The predicted molar refractivity (Wildman–Crippen MR) is 113 cm³/mol. The SMILES string of the molecule is CC(C)(C)OC(=O)NC(CCC(=O)NC1c2ccccc2Oc2ccccc21)C(=O)O. The molecule has 1 heterocycles. The molecule has 164 valence electrons. The van der Waals surface area contributed by atoms with Crippen LogP contribution in [0.25, 0.3) is 0 Å². The Morgan fingerprint density at radius 2 is 1.58 bits per heavy atom. The first-order valence-corrected chi connectivity index (χ1v) is 10.0. The summed E-state index contributed by atoms with van der Waals surface area (Å²) < 4.78 is 11.0. The second-order valence-electron chi connectivity index (χ2n) is 8.25. The summed E-state index contributed by atoms with van der Waals surface area (Å²) in [6.07, 6.45) is -1.01. The van der Waals surface area contributed by atoms with Crippen molar-refractivity contribution in [1.82, 2.24) is 10.6 Å². The highest BCUT2D eigenvalue weighted by Gasteiger charge is 2.29. The van der Waals surface area contributed by atoms with Crippen LogP contribution in [0.3, 0.4) is 0 Å². The number of carboxylic acids is 1. The van der Waals surface area contributed by atoms with Gasteiger partial charge in [-0.15, -0.1) is 0 Å². The molecule has 3 N–H and O–H groups in total. The van der Waals surface area contributed by atoms with Crippen LogP contribution in [0, 0.1) is 0 Å². The van der Waals surface area contributed by atoms with Crippen molar-refractivity contribution < 1.29 is 29.0 Å². The van der Waals surface area contributed by atoms with Gasteiger partial charge in [0.15, 0.2) is 0 Å². The maximum Gasteiger partial charge on any atom is 0.408 e. The maximum atomic E-state index is 12.7. The molecule has 0 fully saturated rings. The number of rotatable bonds is 6. The summed E-state index contributed by atoms with van der Waals surface area (Å²) in [5, 5.41) is 14.7. The smallest absolute Gasteiger partial charge is 0.408 e. The first-order chi connectivity index (χ1) is 14.6. The number of ether oxygens (including phenoxy) is 2. The number of para-hydroxylation sites is 2. The molecule has 8 nitrogen and oxygen atoms in total. The molecule has 2 aromatic rings. The number of nitrogens with one attached hydrogen (secondary N) is 2. The van der Waals surface area contributed by atoms with Gasteiger partial charge >= 0.3 is 12.1 Å². The minimum absolute atomic E-state index is 0.0765. The minimum atomic E-state index is -1.24. The Labute approximate surface area is 180 Å². The molecule has 0 aliphatic carbocycles. The second-order valence-corrected chi connectivity index (χ2v) is 8.25. The number of benzene rings is 2. The quantitative estimate of drug-likeness (QED) is 0.648. The number of hydrogen-bond donors (Lipinski definition) is 3. The number of aliphatic carboxylic acids is 1. The van der Waals surface area contributed by atoms with Gasteiger partial charge in [0.05, 0.1) is 6.04 Å². The fourth-order valence-corrected chi connectivity index (χ4v) is 3.28. The van der Waals surface area contributed by atoms with Gasteiger partial charge in [0, 0.05) is 17.5 Å². The number of alkyl carbamates (subject to hydrolysis) is 1. The Morgan fingerprint density at radius 3 is 2.10 bits per heavy atom. The summed E-state index contributed by atoms with van der Waals surface area (Å²) >= 11 is 0. The third kappa shape index (κ3) is 5.75. The molecule has 2 amide bonds. The summed E-state index contributed by atoms with van der Waals surface area (Å²) in [5.41, 5.74) is 0.876. The van der Waals surface area contributed by atoms with Crippen LogP contribution in [0.15, 0.2) is 48.5 Å². The molecule has 0 radical (unpaired) electrons. The minimum Gasteiger partial charge on any atom is -0.480 e. The Bertz CT molecular complexity index is 937. The van der Waals surface area contributed by atoms with Crippen LogP contribution in [-0.4, -0.2) is 34.7 Å². The molecule has 31 heavy (non-hydrogen) atoms. The Kier molecular flexibility index (Phi) is 6.48. The molecule has 0 bridgehead atoms. The predicted octanol–water partition coefficient (Wildman–Crippen LogP) is 3.76. The van der Waals surface area contributed by atoms with E-state index in [1.54, 1.807) is 20.8 Å². The van der Waals surface area contributed by atoms with Crippen molar-refractivity contribution in [3.8, 4) is 11.5 Å². The maximum absolute atomic E-state index is 12.7. The molecular weight excluding hydrogens is 400 g/mol. The van der Waals surface area contributed by atoms with E-state index in [0.29, 0.717) is 11.5 Å². The van der Waals surface area contributed by atoms with Crippen LogP contribution in [0.1, 0.15) is 50.8 Å². The normalized spacial score (nSPS) is 13.8. The molecule has 1 aliphatic heterocycles. The van der Waals surface area contributed by atoms with Gasteiger partial charge in [0.1, 0.15) is 23.1 Å². The average Bonchev–Trinajstić information content (AvgIpc) is 2.69. The molecule has 1 aliphatic rings. The molecule has 2 aromatic carbocycles. The van der Waals surface area contributed by atoms with Crippen LogP contribution in [0.4, 0.5) is 4.79 Å². The summed E-state index contributed by atoms with van der Waals surface area (Å²) in [6, 6.07) is 13.2. The molecule has 1 unspecified atom stereocenters. The van der Waals surface area contributed by atoms with Crippen molar-refractivity contribution >= 4 is 18.0 Å². The van der Waals surface area contributed by atoms with E-state index in [-0.39, 0.29) is 18.7 Å². The van der Waals surface area contributed by atoms with Gasteiger partial charge in [-0.25, -0.2) is 9.59 Å². The fraction of sp³-hybridized carbons (Fsp3) is 0.348. The number of carboxylic acid groups (broad SMARTS) is 1. The lowest BCUT2D eigenvalue weighted by molar-refractivity contribution is -0.139. The van der Waals surface area contributed by atoms with E-state index in [0.717, 1.165) is 11.1 Å². The zero-order chi connectivity index (χ0) is 22.6. The molecule has 1 atom stereocenters. The molecule has 0 aromatic heterocycles. The summed E-state index contributed by atoms with van der Waals surface area (Å²) in [5.74, 6) is -0.267. The molecule has 0 saturated heterocycles. The third-order valence-electron chi connectivity index (χ3n) is 4.63. The lowest BCUT2D eigenvalue weighted by Crippen LogP contribution is -2.44. The van der Waals surface area contributed by atoms with Crippen molar-refractivity contribution in [1.29, 1.82) is 0 Å². The molecule has 0 spiro atoms. The number of carbonyl (C=O) groups is 3. The number of hydrogen-bond acceptors (Lipinski definition) is 5. The highest BCUT2D eigenvalue weighted by atomic mass is 16.6. The molecular formula is C23H26N2O6. The van der Waals surface area contributed by atoms with Crippen molar-refractivity contribution in [2.75, 3.05) is 0 Å².